The molecule has 0 aliphatic heterocycles. The van der Waals surface area contributed by atoms with Crippen LogP contribution in [0, 0.1) is 6.92 Å². The van der Waals surface area contributed by atoms with Crippen LogP contribution in [0.25, 0.3) is 0 Å². The largest absolute Gasteiger partial charge is 0.493 e. The molecule has 0 spiro atoms. The third-order valence-corrected chi connectivity index (χ3v) is 3.53. The molecule has 0 aliphatic rings. The number of carbonyl (C=O) groups is 2. The number of hydrogen-bond donors (Lipinski definition) is 3. The zero-order valence-corrected chi connectivity index (χ0v) is 13.8. The molecule has 0 atom stereocenters. The number of hydrogen-bond acceptors (Lipinski definition) is 5. The number of H-pyrrole nitrogens is 1. The molecule has 0 bridgehead atoms. The molecule has 8 nitrogen and oxygen atoms in total. The molecular weight excluding hydrogens is 312 g/mol. The molecule has 0 aliphatic carbocycles. The highest BCUT2D eigenvalue weighted by Gasteiger charge is 2.17. The molecule has 1 aromatic heterocycles. The highest BCUT2D eigenvalue weighted by atomic mass is 16.5. The number of aromatic nitrogens is 2. The van der Waals surface area contributed by atoms with Crippen molar-refractivity contribution in [2.75, 3.05) is 19.5 Å². The number of anilines is 1. The Hall–Kier alpha value is -3.03. The molecule has 2 aromatic rings. The third-order valence-electron chi connectivity index (χ3n) is 3.53. The van der Waals surface area contributed by atoms with Gasteiger partial charge in [-0.25, -0.2) is 0 Å². The van der Waals surface area contributed by atoms with E-state index in [1.54, 1.807) is 27.2 Å². The van der Waals surface area contributed by atoms with Crippen LogP contribution in [0.1, 0.15) is 28.2 Å². The minimum absolute atomic E-state index is 0.0203. The smallest absolute Gasteiger partial charge is 0.271 e. The van der Waals surface area contributed by atoms with E-state index in [1.807, 2.05) is 12.1 Å². The van der Waals surface area contributed by atoms with E-state index in [1.165, 1.54) is 0 Å². The van der Waals surface area contributed by atoms with Crippen molar-refractivity contribution in [3.05, 3.63) is 35.2 Å². The van der Waals surface area contributed by atoms with Crippen LogP contribution in [-0.4, -0.2) is 36.2 Å². The first-order chi connectivity index (χ1) is 11.5. The van der Waals surface area contributed by atoms with Crippen LogP contribution in [0.3, 0.4) is 0 Å². The summed E-state index contributed by atoms with van der Waals surface area (Å²) in [6.45, 7) is 1.70. The number of aryl methyl sites for hydroxylation is 2. The molecule has 128 valence electrons. The van der Waals surface area contributed by atoms with Gasteiger partial charge >= 0.3 is 0 Å². The Morgan fingerprint density at radius 3 is 2.58 bits per heavy atom. The van der Waals surface area contributed by atoms with E-state index in [0.29, 0.717) is 29.3 Å². The molecule has 0 radical (unpaired) electrons. The van der Waals surface area contributed by atoms with Crippen molar-refractivity contribution in [1.82, 2.24) is 10.2 Å². The Morgan fingerprint density at radius 1 is 1.25 bits per heavy atom. The molecule has 1 aromatic carbocycles. The molecule has 2 amide bonds. The molecule has 8 heteroatoms. The number of benzene rings is 1. The van der Waals surface area contributed by atoms with Crippen LogP contribution in [0.15, 0.2) is 18.2 Å². The van der Waals surface area contributed by atoms with Crippen molar-refractivity contribution in [3.8, 4) is 11.5 Å². The van der Waals surface area contributed by atoms with Gasteiger partial charge in [-0.05, 0) is 31.0 Å². The summed E-state index contributed by atoms with van der Waals surface area (Å²) in [6.07, 6.45) is 0.743. The summed E-state index contributed by atoms with van der Waals surface area (Å²) < 4.78 is 10.4. The Bertz CT molecular complexity index is 755. The summed E-state index contributed by atoms with van der Waals surface area (Å²) in [5.74, 6) is 0.300. The van der Waals surface area contributed by atoms with Crippen LogP contribution in [0.2, 0.25) is 0 Å². The zero-order valence-electron chi connectivity index (χ0n) is 13.8. The molecule has 24 heavy (non-hydrogen) atoms. The number of rotatable bonds is 7. The zero-order chi connectivity index (χ0) is 17.7. The van der Waals surface area contributed by atoms with Gasteiger partial charge in [-0.3, -0.25) is 14.7 Å². The van der Waals surface area contributed by atoms with Crippen LogP contribution in [0.4, 0.5) is 5.69 Å². The summed E-state index contributed by atoms with van der Waals surface area (Å²) >= 11 is 0. The second-order valence-corrected chi connectivity index (χ2v) is 5.17. The molecule has 2 rings (SSSR count). The Labute approximate surface area is 139 Å². The first kappa shape index (κ1) is 17.3. The second kappa shape index (κ2) is 7.49. The number of ether oxygens (including phenoxy) is 2. The second-order valence-electron chi connectivity index (χ2n) is 5.17. The number of nitrogens with zero attached hydrogens (tertiary/aromatic N) is 1. The van der Waals surface area contributed by atoms with Crippen molar-refractivity contribution in [2.24, 2.45) is 5.73 Å². The van der Waals surface area contributed by atoms with E-state index in [-0.39, 0.29) is 18.0 Å². The van der Waals surface area contributed by atoms with Gasteiger partial charge in [0.25, 0.3) is 5.91 Å². The van der Waals surface area contributed by atoms with Gasteiger partial charge in [0.1, 0.15) is 0 Å². The molecule has 0 saturated carbocycles. The fraction of sp³-hybridized carbons (Fsp3) is 0.312. The molecule has 0 fully saturated rings. The molecule has 4 N–H and O–H groups in total. The topological polar surface area (TPSA) is 119 Å². The van der Waals surface area contributed by atoms with E-state index in [9.17, 15) is 9.59 Å². The number of aromatic amines is 1. The fourth-order valence-electron chi connectivity index (χ4n) is 2.26. The lowest BCUT2D eigenvalue weighted by Gasteiger charge is -2.10. The first-order valence-corrected chi connectivity index (χ1v) is 7.31. The fourth-order valence-corrected chi connectivity index (χ4v) is 2.26. The molecule has 1 heterocycles. The molecule has 0 saturated heterocycles. The number of amides is 2. The average molecular weight is 332 g/mol. The highest BCUT2D eigenvalue weighted by Crippen LogP contribution is 2.28. The van der Waals surface area contributed by atoms with Gasteiger partial charge in [-0.2, -0.15) is 5.10 Å². The SMILES string of the molecule is COc1ccc(CCC(=O)Nc2c(C(N)=O)n[nH]c2C)cc1OC. The Morgan fingerprint density at radius 2 is 1.96 bits per heavy atom. The number of nitrogens with two attached hydrogens (primary N) is 1. The summed E-state index contributed by atoms with van der Waals surface area (Å²) in [5.41, 5.74) is 7.07. The van der Waals surface area contributed by atoms with Gasteiger partial charge in [0.05, 0.1) is 25.6 Å². The number of nitrogens with one attached hydrogen (secondary N) is 2. The maximum atomic E-state index is 12.1. The minimum Gasteiger partial charge on any atom is -0.493 e. The number of primary amides is 1. The minimum atomic E-state index is -0.699. The van der Waals surface area contributed by atoms with Crippen molar-refractivity contribution in [3.63, 3.8) is 0 Å². The third kappa shape index (κ3) is 3.83. The van der Waals surface area contributed by atoms with Gasteiger partial charge in [-0.15, -0.1) is 0 Å². The van der Waals surface area contributed by atoms with Gasteiger partial charge < -0.3 is 20.5 Å². The van der Waals surface area contributed by atoms with Crippen molar-refractivity contribution >= 4 is 17.5 Å². The maximum absolute atomic E-state index is 12.1. The lowest BCUT2D eigenvalue weighted by atomic mass is 10.1. The maximum Gasteiger partial charge on any atom is 0.271 e. The van der Waals surface area contributed by atoms with Crippen molar-refractivity contribution in [2.45, 2.75) is 19.8 Å². The first-order valence-electron chi connectivity index (χ1n) is 7.31. The van der Waals surface area contributed by atoms with Crippen LogP contribution < -0.4 is 20.5 Å². The van der Waals surface area contributed by atoms with E-state index < -0.39 is 5.91 Å². The quantitative estimate of drug-likeness (QED) is 0.708. The summed E-state index contributed by atoms with van der Waals surface area (Å²) in [4.78, 5) is 23.4. The van der Waals surface area contributed by atoms with Gasteiger partial charge in [0, 0.05) is 6.42 Å². The van der Waals surface area contributed by atoms with E-state index in [2.05, 4.69) is 15.5 Å². The van der Waals surface area contributed by atoms with Crippen LogP contribution >= 0.6 is 0 Å². The summed E-state index contributed by atoms with van der Waals surface area (Å²) in [6, 6.07) is 5.48. The van der Waals surface area contributed by atoms with Gasteiger partial charge in [-0.1, -0.05) is 6.07 Å². The van der Waals surface area contributed by atoms with E-state index in [0.717, 1.165) is 5.56 Å². The Kier molecular flexibility index (Phi) is 5.41. The van der Waals surface area contributed by atoms with E-state index in [4.69, 9.17) is 15.2 Å². The van der Waals surface area contributed by atoms with Gasteiger partial charge in [0.15, 0.2) is 17.2 Å². The summed E-state index contributed by atoms with van der Waals surface area (Å²) in [7, 11) is 3.12. The average Bonchev–Trinajstić information content (AvgIpc) is 2.93. The monoisotopic (exact) mass is 332 g/mol. The standard InChI is InChI=1S/C16H20N4O4/c1-9-14(15(16(17)22)20-19-9)18-13(21)7-5-10-4-6-11(23-2)12(8-10)24-3/h4,6,8H,5,7H2,1-3H3,(H2,17,22)(H,18,21)(H,19,20). The van der Waals surface area contributed by atoms with Crippen LogP contribution in [-0.2, 0) is 11.2 Å². The van der Waals surface area contributed by atoms with Crippen molar-refractivity contribution < 1.29 is 19.1 Å². The normalized spacial score (nSPS) is 10.3. The molecule has 0 unspecified atom stereocenters. The number of methoxy groups -OCH3 is 2. The van der Waals surface area contributed by atoms with Crippen LogP contribution in [0.5, 0.6) is 11.5 Å². The molecular formula is C16H20N4O4. The predicted molar refractivity (Wildman–Crippen MR) is 88.3 cm³/mol. The number of carbonyl (C=O) groups excluding carboxylic acids is 2. The van der Waals surface area contributed by atoms with Crippen molar-refractivity contribution in [1.29, 1.82) is 0 Å². The Balaban J connectivity index is 2.01. The summed E-state index contributed by atoms with van der Waals surface area (Å²) in [5, 5.41) is 9.09. The lowest BCUT2D eigenvalue weighted by molar-refractivity contribution is -0.116. The highest BCUT2D eigenvalue weighted by molar-refractivity contribution is 6.02. The lowest BCUT2D eigenvalue weighted by Crippen LogP contribution is -2.18. The predicted octanol–water partition coefficient (Wildman–Crippen LogP) is 1.41. The van der Waals surface area contributed by atoms with Gasteiger partial charge in [0.2, 0.25) is 5.91 Å². The van der Waals surface area contributed by atoms with E-state index >= 15 is 0 Å².